The lowest BCUT2D eigenvalue weighted by Gasteiger charge is -2.33. The van der Waals surface area contributed by atoms with Crippen molar-refractivity contribution in [2.75, 3.05) is 32.7 Å². The zero-order valence-corrected chi connectivity index (χ0v) is 10.9. The molecule has 2 rings (SSSR count). The van der Waals surface area contributed by atoms with Crippen molar-refractivity contribution in [2.45, 2.75) is 0 Å². The largest absolute Gasteiger partial charge is 0.336 e. The molecule has 1 aromatic carbocycles. The van der Waals surface area contributed by atoms with E-state index >= 15 is 0 Å². The maximum atomic E-state index is 12.2. The van der Waals surface area contributed by atoms with Gasteiger partial charge in [0.2, 0.25) is 0 Å². The predicted octanol–water partition coefficient (Wildman–Crippen LogP) is 0.876. The van der Waals surface area contributed by atoms with E-state index < -0.39 is 4.92 Å². The van der Waals surface area contributed by atoms with Crippen LogP contribution in [0.1, 0.15) is 10.4 Å². The molecule has 1 saturated heterocycles. The molecule has 1 amide bonds. The smallest absolute Gasteiger partial charge is 0.269 e. The first-order valence-electron chi connectivity index (χ1n) is 6.25. The predicted molar refractivity (Wildman–Crippen MR) is 71.1 cm³/mol. The summed E-state index contributed by atoms with van der Waals surface area (Å²) in [5, 5.41) is 19.2. The summed E-state index contributed by atoms with van der Waals surface area (Å²) in [6.07, 6.45) is 0. The van der Waals surface area contributed by atoms with Gasteiger partial charge in [-0.2, -0.15) is 5.26 Å². The van der Waals surface area contributed by atoms with Crippen LogP contribution in [0.5, 0.6) is 0 Å². The number of piperazine rings is 1. The summed E-state index contributed by atoms with van der Waals surface area (Å²) in [5.74, 6) is -0.128. The van der Waals surface area contributed by atoms with Crippen LogP contribution in [0.25, 0.3) is 0 Å². The second-order valence-electron chi connectivity index (χ2n) is 4.53. The molecule has 0 atom stereocenters. The van der Waals surface area contributed by atoms with Gasteiger partial charge >= 0.3 is 0 Å². The second-order valence-corrected chi connectivity index (χ2v) is 4.53. The molecule has 1 heterocycles. The minimum absolute atomic E-state index is 0.0274. The number of nitro groups is 1. The van der Waals surface area contributed by atoms with Crippen LogP contribution >= 0.6 is 0 Å². The lowest BCUT2D eigenvalue weighted by atomic mass is 10.1. The van der Waals surface area contributed by atoms with Gasteiger partial charge in [-0.15, -0.1) is 0 Å². The minimum Gasteiger partial charge on any atom is -0.336 e. The summed E-state index contributed by atoms with van der Waals surface area (Å²) < 4.78 is 0. The van der Waals surface area contributed by atoms with Crippen molar-refractivity contribution in [1.82, 2.24) is 9.80 Å². The van der Waals surface area contributed by atoms with Gasteiger partial charge in [-0.25, -0.2) is 0 Å². The highest BCUT2D eigenvalue weighted by Crippen LogP contribution is 2.14. The summed E-state index contributed by atoms with van der Waals surface area (Å²) in [7, 11) is 0. The van der Waals surface area contributed by atoms with E-state index in [9.17, 15) is 14.9 Å². The Morgan fingerprint density at radius 2 is 1.85 bits per heavy atom. The first kappa shape index (κ1) is 14.0. The zero-order chi connectivity index (χ0) is 14.5. The zero-order valence-electron chi connectivity index (χ0n) is 10.9. The fourth-order valence-corrected chi connectivity index (χ4v) is 2.12. The third-order valence-corrected chi connectivity index (χ3v) is 3.28. The van der Waals surface area contributed by atoms with Gasteiger partial charge in [-0.1, -0.05) is 0 Å². The van der Waals surface area contributed by atoms with E-state index in [0.717, 1.165) is 0 Å². The standard InChI is InChI=1S/C13H14N4O3/c14-5-6-15-7-9-16(10-8-15)13(18)11-1-3-12(4-2-11)17(19)20/h1-4H,6-10H2. The number of carbonyl (C=O) groups is 1. The lowest BCUT2D eigenvalue weighted by Crippen LogP contribution is -2.48. The van der Waals surface area contributed by atoms with Crippen molar-refractivity contribution >= 4 is 11.6 Å². The number of nitriles is 1. The maximum absolute atomic E-state index is 12.2. The van der Waals surface area contributed by atoms with Crippen LogP contribution < -0.4 is 0 Å². The molecular weight excluding hydrogens is 260 g/mol. The molecule has 0 bridgehead atoms. The van der Waals surface area contributed by atoms with Crippen LogP contribution in [0.15, 0.2) is 24.3 Å². The number of hydrogen-bond donors (Lipinski definition) is 0. The van der Waals surface area contributed by atoms with Gasteiger partial charge in [-0.3, -0.25) is 19.8 Å². The van der Waals surface area contributed by atoms with Crippen molar-refractivity contribution in [3.05, 3.63) is 39.9 Å². The third kappa shape index (κ3) is 3.10. The van der Waals surface area contributed by atoms with E-state index in [2.05, 4.69) is 6.07 Å². The van der Waals surface area contributed by atoms with Gasteiger partial charge < -0.3 is 4.90 Å². The molecule has 0 aliphatic carbocycles. The van der Waals surface area contributed by atoms with Crippen molar-refractivity contribution in [3.63, 3.8) is 0 Å². The van der Waals surface area contributed by atoms with Crippen LogP contribution in [0, 0.1) is 21.4 Å². The number of rotatable bonds is 3. The molecule has 0 saturated carbocycles. The van der Waals surface area contributed by atoms with E-state index in [1.807, 2.05) is 4.90 Å². The Morgan fingerprint density at radius 3 is 2.35 bits per heavy atom. The SMILES string of the molecule is N#CCN1CCN(C(=O)c2ccc([N+](=O)[O-])cc2)CC1. The topological polar surface area (TPSA) is 90.5 Å². The first-order chi connectivity index (χ1) is 9.61. The quantitative estimate of drug-likeness (QED) is 0.463. The van der Waals surface area contributed by atoms with Gasteiger partial charge in [-0.05, 0) is 12.1 Å². The molecule has 104 valence electrons. The Bertz CT molecular complexity index is 542. The summed E-state index contributed by atoms with van der Waals surface area (Å²) in [6.45, 7) is 2.85. The van der Waals surface area contributed by atoms with E-state index in [-0.39, 0.29) is 11.6 Å². The van der Waals surface area contributed by atoms with Crippen LogP contribution in [0.3, 0.4) is 0 Å². The number of benzene rings is 1. The number of nitrogens with zero attached hydrogens (tertiary/aromatic N) is 4. The molecule has 0 N–H and O–H groups in total. The van der Waals surface area contributed by atoms with Gasteiger partial charge in [0.15, 0.2) is 0 Å². The monoisotopic (exact) mass is 274 g/mol. The summed E-state index contributed by atoms with van der Waals surface area (Å²) in [6, 6.07) is 7.70. The Kier molecular flexibility index (Phi) is 4.27. The average molecular weight is 274 g/mol. The highest BCUT2D eigenvalue weighted by atomic mass is 16.6. The van der Waals surface area contributed by atoms with Crippen LogP contribution in [0.2, 0.25) is 0 Å². The lowest BCUT2D eigenvalue weighted by molar-refractivity contribution is -0.384. The molecule has 0 aromatic heterocycles. The molecule has 1 fully saturated rings. The molecule has 1 aliphatic rings. The number of amides is 1. The highest BCUT2D eigenvalue weighted by Gasteiger charge is 2.22. The molecule has 0 radical (unpaired) electrons. The molecule has 0 unspecified atom stereocenters. The maximum Gasteiger partial charge on any atom is 0.269 e. The second kappa shape index (κ2) is 6.12. The molecule has 1 aliphatic heterocycles. The van der Waals surface area contributed by atoms with Crippen LogP contribution in [-0.2, 0) is 0 Å². The van der Waals surface area contributed by atoms with Crippen LogP contribution in [0.4, 0.5) is 5.69 Å². The van der Waals surface area contributed by atoms with Gasteiger partial charge in [0.05, 0.1) is 17.5 Å². The van der Waals surface area contributed by atoms with Crippen molar-refractivity contribution in [3.8, 4) is 6.07 Å². The minimum atomic E-state index is -0.491. The van der Waals surface area contributed by atoms with Gasteiger partial charge in [0.25, 0.3) is 11.6 Å². The Balaban J connectivity index is 1.98. The number of non-ortho nitro benzene ring substituents is 1. The van der Waals surface area contributed by atoms with Crippen molar-refractivity contribution < 1.29 is 9.72 Å². The van der Waals surface area contributed by atoms with E-state index in [1.54, 1.807) is 4.90 Å². The average Bonchev–Trinajstić information content (AvgIpc) is 2.48. The molecule has 7 heteroatoms. The first-order valence-corrected chi connectivity index (χ1v) is 6.25. The Labute approximate surface area is 116 Å². The summed E-state index contributed by atoms with van der Waals surface area (Å²) in [4.78, 5) is 26.0. The number of nitro benzene ring substituents is 1. The summed E-state index contributed by atoms with van der Waals surface area (Å²) >= 11 is 0. The van der Waals surface area contributed by atoms with Crippen LogP contribution in [-0.4, -0.2) is 53.4 Å². The van der Waals surface area contributed by atoms with E-state index in [1.165, 1.54) is 24.3 Å². The van der Waals surface area contributed by atoms with Gasteiger partial charge in [0, 0.05) is 43.9 Å². The summed E-state index contributed by atoms with van der Waals surface area (Å²) in [5.41, 5.74) is 0.421. The molecule has 1 aromatic rings. The van der Waals surface area contributed by atoms with Gasteiger partial charge in [0.1, 0.15) is 0 Å². The van der Waals surface area contributed by atoms with E-state index in [4.69, 9.17) is 5.26 Å². The fraction of sp³-hybridized carbons (Fsp3) is 0.385. The molecular formula is C13H14N4O3. The number of carbonyl (C=O) groups excluding carboxylic acids is 1. The molecule has 20 heavy (non-hydrogen) atoms. The Hall–Kier alpha value is -2.46. The molecule has 0 spiro atoms. The number of hydrogen-bond acceptors (Lipinski definition) is 5. The van der Waals surface area contributed by atoms with E-state index in [0.29, 0.717) is 38.3 Å². The fourth-order valence-electron chi connectivity index (χ4n) is 2.12. The van der Waals surface area contributed by atoms with Crippen molar-refractivity contribution in [1.29, 1.82) is 5.26 Å². The third-order valence-electron chi connectivity index (χ3n) is 3.28. The highest BCUT2D eigenvalue weighted by molar-refractivity contribution is 5.94. The van der Waals surface area contributed by atoms with Crippen molar-refractivity contribution in [2.24, 2.45) is 0 Å². The Morgan fingerprint density at radius 1 is 1.25 bits per heavy atom. The molecule has 7 nitrogen and oxygen atoms in total. The normalized spacial score (nSPS) is 15.7.